The van der Waals surface area contributed by atoms with E-state index in [1.165, 1.54) is 4.90 Å². The van der Waals surface area contributed by atoms with Crippen LogP contribution in [0.4, 0.5) is 5.69 Å². The number of carbonyl (C=O) groups excluding carboxylic acids is 4. The fourth-order valence-electron chi connectivity index (χ4n) is 4.41. The number of ether oxygens (including phenoxy) is 2. The Morgan fingerprint density at radius 2 is 1.73 bits per heavy atom. The highest BCUT2D eigenvalue weighted by atomic mass is 16.7. The zero-order chi connectivity index (χ0) is 22.9. The summed E-state index contributed by atoms with van der Waals surface area (Å²) >= 11 is 0. The zero-order valence-electron chi connectivity index (χ0n) is 17.9. The molecule has 9 nitrogen and oxygen atoms in total. The molecule has 0 aromatic heterocycles. The summed E-state index contributed by atoms with van der Waals surface area (Å²) in [6, 6.07) is 12.1. The molecule has 170 valence electrons. The standard InChI is InChI=1S/C24H23N3O6/c28-21(6-3-9-26-23(30)17-4-1-2-5-18(17)24(26)31)25-12-15-10-22(29)27(13-15)16-7-8-19-20(11-16)33-14-32-19/h1-2,4-5,7-8,11,15H,3,6,9-10,12-14H2,(H,25,28). The summed E-state index contributed by atoms with van der Waals surface area (Å²) in [5, 5.41) is 2.87. The highest BCUT2D eigenvalue weighted by Gasteiger charge is 2.35. The van der Waals surface area contributed by atoms with Crippen LogP contribution in [0, 0.1) is 5.92 Å². The Bertz CT molecular complexity index is 1110. The average molecular weight is 449 g/mol. The predicted molar refractivity (Wildman–Crippen MR) is 117 cm³/mol. The van der Waals surface area contributed by atoms with Gasteiger partial charge in [-0.05, 0) is 30.7 Å². The Labute approximate surface area is 190 Å². The normalized spacial score (nSPS) is 18.8. The van der Waals surface area contributed by atoms with Crippen LogP contribution in [0.1, 0.15) is 40.0 Å². The van der Waals surface area contributed by atoms with Crippen molar-refractivity contribution in [1.82, 2.24) is 10.2 Å². The van der Waals surface area contributed by atoms with Gasteiger partial charge in [-0.3, -0.25) is 24.1 Å². The summed E-state index contributed by atoms with van der Waals surface area (Å²) in [6.45, 7) is 1.26. The van der Waals surface area contributed by atoms with E-state index in [0.29, 0.717) is 48.6 Å². The maximum absolute atomic E-state index is 12.5. The molecule has 1 fully saturated rings. The molecule has 0 saturated carbocycles. The zero-order valence-corrected chi connectivity index (χ0v) is 17.9. The van der Waals surface area contributed by atoms with Crippen LogP contribution in [-0.4, -0.2) is 55.0 Å². The van der Waals surface area contributed by atoms with Crippen LogP contribution in [0.3, 0.4) is 0 Å². The van der Waals surface area contributed by atoms with Gasteiger partial charge in [0.2, 0.25) is 18.6 Å². The van der Waals surface area contributed by atoms with Gasteiger partial charge in [-0.2, -0.15) is 0 Å². The highest BCUT2D eigenvalue weighted by Crippen LogP contribution is 2.37. The number of benzene rings is 2. The van der Waals surface area contributed by atoms with E-state index in [2.05, 4.69) is 5.32 Å². The number of hydrogen-bond donors (Lipinski definition) is 1. The van der Waals surface area contributed by atoms with Crippen LogP contribution >= 0.6 is 0 Å². The van der Waals surface area contributed by atoms with Crippen molar-refractivity contribution in [3.63, 3.8) is 0 Å². The monoisotopic (exact) mass is 449 g/mol. The van der Waals surface area contributed by atoms with Crippen molar-refractivity contribution < 1.29 is 28.7 Å². The number of nitrogens with zero attached hydrogens (tertiary/aromatic N) is 2. The maximum atomic E-state index is 12.5. The molecule has 1 atom stereocenters. The minimum absolute atomic E-state index is 0.00117. The van der Waals surface area contributed by atoms with Gasteiger partial charge in [0.1, 0.15) is 0 Å². The smallest absolute Gasteiger partial charge is 0.261 e. The van der Waals surface area contributed by atoms with Gasteiger partial charge in [0.15, 0.2) is 11.5 Å². The number of anilines is 1. The first-order chi connectivity index (χ1) is 16.0. The van der Waals surface area contributed by atoms with Gasteiger partial charge >= 0.3 is 0 Å². The van der Waals surface area contributed by atoms with Gasteiger partial charge in [0, 0.05) is 50.1 Å². The molecule has 3 aliphatic heterocycles. The predicted octanol–water partition coefficient (Wildman–Crippen LogP) is 1.96. The van der Waals surface area contributed by atoms with Crippen LogP contribution in [0.2, 0.25) is 0 Å². The molecule has 2 aromatic rings. The molecule has 9 heteroatoms. The van der Waals surface area contributed by atoms with E-state index in [1.807, 2.05) is 6.07 Å². The van der Waals surface area contributed by atoms with Gasteiger partial charge in [0.25, 0.3) is 11.8 Å². The third kappa shape index (κ3) is 4.02. The molecular weight excluding hydrogens is 426 g/mol. The molecule has 2 aromatic carbocycles. The average Bonchev–Trinajstić information content (AvgIpc) is 3.50. The number of carbonyl (C=O) groups is 4. The van der Waals surface area contributed by atoms with Crippen LogP contribution in [0.5, 0.6) is 11.5 Å². The summed E-state index contributed by atoms with van der Waals surface area (Å²) in [7, 11) is 0. The second kappa shape index (κ2) is 8.57. The highest BCUT2D eigenvalue weighted by molar-refractivity contribution is 6.21. The summed E-state index contributed by atoms with van der Waals surface area (Å²) in [6.07, 6.45) is 0.925. The lowest BCUT2D eigenvalue weighted by Gasteiger charge is -2.17. The lowest BCUT2D eigenvalue weighted by Crippen LogP contribution is -2.33. The van der Waals surface area contributed by atoms with E-state index in [9.17, 15) is 19.2 Å². The lowest BCUT2D eigenvalue weighted by atomic mass is 10.1. The van der Waals surface area contributed by atoms with Crippen molar-refractivity contribution in [2.75, 3.05) is 31.3 Å². The number of rotatable bonds is 7. The third-order valence-electron chi connectivity index (χ3n) is 6.12. The lowest BCUT2D eigenvalue weighted by molar-refractivity contribution is -0.121. The van der Waals surface area contributed by atoms with Gasteiger partial charge in [0.05, 0.1) is 11.1 Å². The van der Waals surface area contributed by atoms with Crippen molar-refractivity contribution in [2.45, 2.75) is 19.3 Å². The molecule has 0 spiro atoms. The number of nitrogens with one attached hydrogen (secondary N) is 1. The van der Waals surface area contributed by atoms with E-state index < -0.39 is 0 Å². The Morgan fingerprint density at radius 1 is 1.00 bits per heavy atom. The van der Waals surface area contributed by atoms with Crippen LogP contribution < -0.4 is 19.7 Å². The van der Waals surface area contributed by atoms with Crippen LogP contribution in [-0.2, 0) is 9.59 Å². The Kier molecular flexibility index (Phi) is 5.45. The minimum Gasteiger partial charge on any atom is -0.454 e. The van der Waals surface area contributed by atoms with Crippen molar-refractivity contribution in [3.8, 4) is 11.5 Å². The van der Waals surface area contributed by atoms with E-state index in [-0.39, 0.29) is 49.3 Å². The SMILES string of the molecule is O=C(CCCN1C(=O)c2ccccc2C1=O)NCC1CC(=O)N(c2ccc3c(c2)OCO3)C1. The first kappa shape index (κ1) is 21.0. The van der Waals surface area contributed by atoms with Gasteiger partial charge in [-0.15, -0.1) is 0 Å². The van der Waals surface area contributed by atoms with E-state index in [4.69, 9.17) is 9.47 Å². The van der Waals surface area contributed by atoms with Gasteiger partial charge < -0.3 is 19.7 Å². The number of imide groups is 1. The first-order valence-corrected chi connectivity index (χ1v) is 10.9. The molecule has 3 heterocycles. The third-order valence-corrected chi connectivity index (χ3v) is 6.12. The Balaban J connectivity index is 1.07. The number of hydrogen-bond acceptors (Lipinski definition) is 6. The molecule has 1 unspecified atom stereocenters. The quantitative estimate of drug-likeness (QED) is 0.648. The summed E-state index contributed by atoms with van der Waals surface area (Å²) < 4.78 is 10.7. The number of fused-ring (bicyclic) bond motifs is 2. The van der Waals surface area contributed by atoms with Crippen LogP contribution in [0.15, 0.2) is 42.5 Å². The summed E-state index contributed by atoms with van der Waals surface area (Å²) in [5.74, 6) is 0.487. The fraction of sp³-hybridized carbons (Fsp3) is 0.333. The topological polar surface area (TPSA) is 105 Å². The first-order valence-electron chi connectivity index (χ1n) is 10.9. The summed E-state index contributed by atoms with van der Waals surface area (Å²) in [4.78, 5) is 52.4. The van der Waals surface area contributed by atoms with E-state index in [1.54, 1.807) is 41.3 Å². The van der Waals surface area contributed by atoms with Crippen molar-refractivity contribution in [3.05, 3.63) is 53.6 Å². The van der Waals surface area contributed by atoms with Gasteiger partial charge in [-0.25, -0.2) is 0 Å². The van der Waals surface area contributed by atoms with Crippen LogP contribution in [0.25, 0.3) is 0 Å². The fourth-order valence-corrected chi connectivity index (χ4v) is 4.41. The molecular formula is C24H23N3O6. The van der Waals surface area contributed by atoms with Gasteiger partial charge in [-0.1, -0.05) is 12.1 Å². The van der Waals surface area contributed by atoms with Crippen molar-refractivity contribution >= 4 is 29.3 Å². The number of amides is 4. The summed E-state index contributed by atoms with van der Waals surface area (Å²) in [5.41, 5.74) is 1.56. The van der Waals surface area contributed by atoms with E-state index >= 15 is 0 Å². The van der Waals surface area contributed by atoms with E-state index in [0.717, 1.165) is 5.69 Å². The molecule has 1 N–H and O–H groups in total. The molecule has 4 amide bonds. The second-order valence-electron chi connectivity index (χ2n) is 8.33. The second-order valence-corrected chi connectivity index (χ2v) is 8.33. The van der Waals surface area contributed by atoms with Crippen molar-refractivity contribution in [1.29, 1.82) is 0 Å². The largest absolute Gasteiger partial charge is 0.454 e. The Hall–Kier alpha value is -3.88. The molecule has 5 rings (SSSR count). The molecule has 1 saturated heterocycles. The molecule has 33 heavy (non-hydrogen) atoms. The molecule has 0 bridgehead atoms. The molecule has 0 radical (unpaired) electrons. The Morgan fingerprint density at radius 3 is 2.48 bits per heavy atom. The molecule has 3 aliphatic rings. The maximum Gasteiger partial charge on any atom is 0.261 e. The van der Waals surface area contributed by atoms with Crippen molar-refractivity contribution in [2.24, 2.45) is 5.92 Å². The molecule has 0 aliphatic carbocycles. The minimum atomic E-state index is -0.316.